The molecule has 0 aromatic heterocycles. The van der Waals surface area contributed by atoms with E-state index in [4.69, 9.17) is 0 Å². The van der Waals surface area contributed by atoms with Crippen LogP contribution in [0.15, 0.2) is 24.3 Å². The zero-order valence-corrected chi connectivity index (χ0v) is 14.7. The van der Waals surface area contributed by atoms with E-state index >= 15 is 0 Å². The van der Waals surface area contributed by atoms with Gasteiger partial charge in [-0.3, -0.25) is 4.79 Å². The van der Waals surface area contributed by atoms with Gasteiger partial charge >= 0.3 is 0 Å². The van der Waals surface area contributed by atoms with Crippen molar-refractivity contribution in [3.05, 3.63) is 35.4 Å². The van der Waals surface area contributed by atoms with E-state index in [0.29, 0.717) is 6.42 Å². The second-order valence-corrected chi connectivity index (χ2v) is 7.19. The van der Waals surface area contributed by atoms with Gasteiger partial charge in [0.05, 0.1) is 0 Å². The first kappa shape index (κ1) is 16.5. The number of hydrogen-bond acceptors (Lipinski definition) is 1. The molecule has 1 N–H and O–H groups in total. The fraction of sp³-hybridized carbons (Fsp3) is 0.611. The maximum Gasteiger partial charge on any atom is 0.220 e. The van der Waals surface area contributed by atoms with Gasteiger partial charge in [-0.05, 0) is 50.5 Å². The summed E-state index contributed by atoms with van der Waals surface area (Å²) in [5, 5.41) is 4.17. The highest BCUT2D eigenvalue weighted by atomic mass is 79.9. The minimum Gasteiger partial charge on any atom is -0.350 e. The lowest BCUT2D eigenvalue weighted by Gasteiger charge is -2.39. The molecule has 0 unspecified atom stereocenters. The van der Waals surface area contributed by atoms with E-state index in [2.05, 4.69) is 59.4 Å². The van der Waals surface area contributed by atoms with Crippen molar-refractivity contribution in [1.82, 2.24) is 5.32 Å². The minimum absolute atomic E-state index is 0.0177. The standard InChI is InChI=1S/C18H26BrNO/c1-14-8-10-18(13-19,11-9-14)20-17(21)7-6-16-5-3-4-15(2)12-16/h3-5,12,14H,6-11,13H2,1-2H3,(H,20,21). The molecule has 0 atom stereocenters. The van der Waals surface area contributed by atoms with Crippen molar-refractivity contribution in [2.45, 2.75) is 57.9 Å². The molecule has 0 spiro atoms. The third kappa shape index (κ3) is 4.84. The zero-order valence-electron chi connectivity index (χ0n) is 13.1. The molecule has 0 bridgehead atoms. The summed E-state index contributed by atoms with van der Waals surface area (Å²) >= 11 is 3.61. The third-order valence-corrected chi connectivity index (χ3v) is 5.69. The van der Waals surface area contributed by atoms with E-state index in [9.17, 15) is 4.79 Å². The fourth-order valence-electron chi connectivity index (χ4n) is 3.09. The fourth-order valence-corrected chi connectivity index (χ4v) is 3.79. The van der Waals surface area contributed by atoms with Crippen molar-refractivity contribution in [2.75, 3.05) is 5.33 Å². The van der Waals surface area contributed by atoms with E-state index in [1.165, 1.54) is 24.0 Å². The number of rotatable bonds is 5. The minimum atomic E-state index is -0.0177. The zero-order chi connectivity index (χ0) is 15.3. The Morgan fingerprint density at radius 1 is 1.38 bits per heavy atom. The highest BCUT2D eigenvalue weighted by molar-refractivity contribution is 9.09. The van der Waals surface area contributed by atoms with Crippen LogP contribution >= 0.6 is 15.9 Å². The number of benzene rings is 1. The van der Waals surface area contributed by atoms with Crippen LogP contribution in [0.3, 0.4) is 0 Å². The van der Waals surface area contributed by atoms with E-state index < -0.39 is 0 Å². The number of carbonyl (C=O) groups is 1. The second kappa shape index (κ2) is 7.44. The van der Waals surface area contributed by atoms with E-state index in [0.717, 1.165) is 30.5 Å². The van der Waals surface area contributed by atoms with E-state index in [1.54, 1.807) is 0 Å². The van der Waals surface area contributed by atoms with E-state index in [1.807, 2.05) is 0 Å². The summed E-state index contributed by atoms with van der Waals surface area (Å²) in [5.74, 6) is 0.979. The van der Waals surface area contributed by atoms with Gasteiger partial charge in [-0.15, -0.1) is 0 Å². The van der Waals surface area contributed by atoms with Crippen molar-refractivity contribution >= 4 is 21.8 Å². The van der Waals surface area contributed by atoms with Crippen LogP contribution in [0.2, 0.25) is 0 Å². The van der Waals surface area contributed by atoms with Crippen LogP contribution in [0.1, 0.15) is 50.2 Å². The molecule has 2 nitrogen and oxygen atoms in total. The lowest BCUT2D eigenvalue weighted by molar-refractivity contribution is -0.123. The molecular formula is C18H26BrNO. The first-order valence-corrected chi connectivity index (χ1v) is 9.08. The molecule has 3 heteroatoms. The van der Waals surface area contributed by atoms with E-state index in [-0.39, 0.29) is 11.4 Å². The van der Waals surface area contributed by atoms with Crippen LogP contribution in [-0.4, -0.2) is 16.8 Å². The molecule has 21 heavy (non-hydrogen) atoms. The topological polar surface area (TPSA) is 29.1 Å². The van der Waals surface area contributed by atoms with Crippen LogP contribution in [0.5, 0.6) is 0 Å². The summed E-state index contributed by atoms with van der Waals surface area (Å²) in [5.41, 5.74) is 2.48. The van der Waals surface area contributed by atoms with Crippen LogP contribution in [0.25, 0.3) is 0 Å². The van der Waals surface area contributed by atoms with Crippen molar-refractivity contribution in [3.63, 3.8) is 0 Å². The Bertz CT molecular complexity index is 478. The van der Waals surface area contributed by atoms with Crippen LogP contribution in [-0.2, 0) is 11.2 Å². The molecule has 1 aromatic rings. The van der Waals surface area contributed by atoms with Crippen molar-refractivity contribution in [2.24, 2.45) is 5.92 Å². The SMILES string of the molecule is Cc1cccc(CCC(=O)NC2(CBr)CCC(C)CC2)c1. The van der Waals surface area contributed by atoms with Crippen LogP contribution in [0.4, 0.5) is 0 Å². The Morgan fingerprint density at radius 3 is 2.71 bits per heavy atom. The first-order chi connectivity index (χ1) is 10.0. The molecule has 0 heterocycles. The smallest absolute Gasteiger partial charge is 0.220 e. The molecule has 1 aliphatic rings. The molecule has 1 fully saturated rings. The molecule has 1 aliphatic carbocycles. The molecule has 0 aliphatic heterocycles. The normalized spacial score (nSPS) is 25.6. The number of alkyl halides is 1. The van der Waals surface area contributed by atoms with Gasteiger partial charge < -0.3 is 5.32 Å². The summed E-state index contributed by atoms with van der Waals surface area (Å²) in [4.78, 5) is 12.3. The number of halogens is 1. The van der Waals surface area contributed by atoms with Crippen LogP contribution in [0, 0.1) is 12.8 Å². The van der Waals surface area contributed by atoms with Gasteiger partial charge in [0, 0.05) is 17.3 Å². The lowest BCUT2D eigenvalue weighted by Crippen LogP contribution is -2.52. The van der Waals surface area contributed by atoms with Gasteiger partial charge in [0.15, 0.2) is 0 Å². The highest BCUT2D eigenvalue weighted by Gasteiger charge is 2.34. The molecule has 1 saturated carbocycles. The Kier molecular flexibility index (Phi) is 5.86. The van der Waals surface area contributed by atoms with Gasteiger partial charge in [-0.1, -0.05) is 52.7 Å². The lowest BCUT2D eigenvalue weighted by atomic mass is 9.78. The van der Waals surface area contributed by atoms with Gasteiger partial charge in [-0.2, -0.15) is 0 Å². The maximum absolute atomic E-state index is 12.3. The summed E-state index contributed by atoms with van der Waals surface area (Å²) in [6.07, 6.45) is 6.01. The summed E-state index contributed by atoms with van der Waals surface area (Å²) in [6, 6.07) is 8.41. The molecule has 1 amide bonds. The number of aryl methyl sites for hydroxylation is 2. The molecular weight excluding hydrogens is 326 g/mol. The Labute approximate surface area is 136 Å². The van der Waals surface area contributed by atoms with Gasteiger partial charge in [0.1, 0.15) is 0 Å². The van der Waals surface area contributed by atoms with Crippen molar-refractivity contribution in [1.29, 1.82) is 0 Å². The quantitative estimate of drug-likeness (QED) is 0.783. The average molecular weight is 352 g/mol. The predicted octanol–water partition coefficient (Wildman–Crippen LogP) is 4.39. The largest absolute Gasteiger partial charge is 0.350 e. The van der Waals surface area contributed by atoms with Gasteiger partial charge in [-0.25, -0.2) is 0 Å². The van der Waals surface area contributed by atoms with Crippen molar-refractivity contribution < 1.29 is 4.79 Å². The molecule has 0 radical (unpaired) electrons. The van der Waals surface area contributed by atoms with Crippen LogP contribution < -0.4 is 5.32 Å². The first-order valence-electron chi connectivity index (χ1n) is 7.95. The molecule has 1 aromatic carbocycles. The molecule has 2 rings (SSSR count). The number of carbonyl (C=O) groups excluding carboxylic acids is 1. The third-order valence-electron chi connectivity index (χ3n) is 4.61. The predicted molar refractivity (Wildman–Crippen MR) is 91.8 cm³/mol. The number of amides is 1. The number of hydrogen-bond donors (Lipinski definition) is 1. The highest BCUT2D eigenvalue weighted by Crippen LogP contribution is 2.33. The monoisotopic (exact) mass is 351 g/mol. The maximum atomic E-state index is 12.3. The summed E-state index contributed by atoms with van der Waals surface area (Å²) in [6.45, 7) is 4.39. The average Bonchev–Trinajstić information content (AvgIpc) is 2.48. The van der Waals surface area contributed by atoms with Gasteiger partial charge in [0.25, 0.3) is 0 Å². The Hall–Kier alpha value is -0.830. The Balaban J connectivity index is 1.86. The molecule has 116 valence electrons. The summed E-state index contributed by atoms with van der Waals surface area (Å²) in [7, 11) is 0. The molecule has 0 saturated heterocycles. The van der Waals surface area contributed by atoms with Gasteiger partial charge in [0.2, 0.25) is 5.91 Å². The second-order valence-electron chi connectivity index (χ2n) is 6.63. The number of nitrogens with one attached hydrogen (secondary N) is 1. The summed E-state index contributed by atoms with van der Waals surface area (Å²) < 4.78 is 0. The Morgan fingerprint density at radius 2 is 2.10 bits per heavy atom. The van der Waals surface area contributed by atoms with Crippen molar-refractivity contribution in [3.8, 4) is 0 Å².